The van der Waals surface area contributed by atoms with Crippen LogP contribution in [0.4, 0.5) is 0 Å². The van der Waals surface area contributed by atoms with Gasteiger partial charge in [-0.15, -0.1) is 0 Å². The highest BCUT2D eigenvalue weighted by Crippen LogP contribution is 2.21. The Labute approximate surface area is 113 Å². The van der Waals surface area contributed by atoms with Gasteiger partial charge in [0.1, 0.15) is 6.04 Å². The van der Waals surface area contributed by atoms with Crippen LogP contribution in [0.25, 0.3) is 0 Å². The van der Waals surface area contributed by atoms with Crippen LogP contribution in [0.2, 0.25) is 0 Å². The van der Waals surface area contributed by atoms with Crippen molar-refractivity contribution in [2.24, 2.45) is 0 Å². The van der Waals surface area contributed by atoms with E-state index in [1.54, 1.807) is 0 Å². The Morgan fingerprint density at radius 2 is 1.90 bits per heavy atom. The lowest BCUT2D eigenvalue weighted by atomic mass is 10.00. The van der Waals surface area contributed by atoms with Crippen LogP contribution in [-0.4, -0.2) is 44.5 Å². The number of rotatable bonds is 1. The predicted octanol–water partition coefficient (Wildman–Crippen LogP) is -1.19. The molecule has 0 aliphatic carbocycles. The molecule has 1 N–H and O–H groups in total. The SMILES string of the molecule is O=C1CCC(N2C(=O)Cc3nccnc3C2=O)C(=O)N1. The monoisotopic (exact) mass is 274 g/mol. The van der Waals surface area contributed by atoms with Crippen LogP contribution >= 0.6 is 0 Å². The smallest absolute Gasteiger partial charge is 0.281 e. The maximum atomic E-state index is 12.3. The summed E-state index contributed by atoms with van der Waals surface area (Å²) in [5.41, 5.74) is 0.392. The Morgan fingerprint density at radius 1 is 1.15 bits per heavy atom. The molecular formula is C12H10N4O4. The zero-order valence-electron chi connectivity index (χ0n) is 10.3. The van der Waals surface area contributed by atoms with Gasteiger partial charge in [-0.3, -0.25) is 34.4 Å². The van der Waals surface area contributed by atoms with Crippen LogP contribution in [-0.2, 0) is 20.8 Å². The molecule has 1 aromatic rings. The van der Waals surface area contributed by atoms with Crippen molar-refractivity contribution in [1.82, 2.24) is 20.2 Å². The number of nitrogens with zero attached hydrogens (tertiary/aromatic N) is 3. The average Bonchev–Trinajstić information content (AvgIpc) is 2.41. The van der Waals surface area contributed by atoms with Gasteiger partial charge in [-0.05, 0) is 6.42 Å². The number of hydrogen-bond donors (Lipinski definition) is 1. The molecule has 1 unspecified atom stereocenters. The van der Waals surface area contributed by atoms with Gasteiger partial charge < -0.3 is 0 Å². The maximum Gasteiger partial charge on any atom is 0.281 e. The number of imide groups is 2. The molecule has 0 radical (unpaired) electrons. The minimum Gasteiger partial charge on any atom is -0.295 e. The fourth-order valence-corrected chi connectivity index (χ4v) is 2.37. The Bertz CT molecular complexity index is 642. The van der Waals surface area contributed by atoms with Crippen molar-refractivity contribution >= 4 is 23.6 Å². The number of hydrogen-bond acceptors (Lipinski definition) is 6. The summed E-state index contributed by atoms with van der Waals surface area (Å²) < 4.78 is 0. The van der Waals surface area contributed by atoms with E-state index < -0.39 is 29.7 Å². The normalized spacial score (nSPS) is 22.6. The first-order chi connectivity index (χ1) is 9.58. The molecule has 102 valence electrons. The molecule has 8 nitrogen and oxygen atoms in total. The summed E-state index contributed by atoms with van der Waals surface area (Å²) >= 11 is 0. The highest BCUT2D eigenvalue weighted by molar-refractivity contribution is 6.12. The topological polar surface area (TPSA) is 109 Å². The van der Waals surface area contributed by atoms with E-state index in [-0.39, 0.29) is 25.0 Å². The van der Waals surface area contributed by atoms with E-state index in [4.69, 9.17) is 0 Å². The highest BCUT2D eigenvalue weighted by atomic mass is 16.2. The summed E-state index contributed by atoms with van der Waals surface area (Å²) in [4.78, 5) is 56.0. The van der Waals surface area contributed by atoms with E-state index in [1.807, 2.05) is 0 Å². The molecule has 2 aliphatic rings. The molecule has 20 heavy (non-hydrogen) atoms. The van der Waals surface area contributed by atoms with E-state index in [0.717, 1.165) is 4.90 Å². The molecular weight excluding hydrogens is 264 g/mol. The molecule has 0 bridgehead atoms. The quantitative estimate of drug-likeness (QED) is 0.645. The van der Waals surface area contributed by atoms with Crippen molar-refractivity contribution in [3.05, 3.63) is 23.8 Å². The van der Waals surface area contributed by atoms with Gasteiger partial charge in [-0.2, -0.15) is 0 Å². The number of carbonyl (C=O) groups is 4. The third kappa shape index (κ3) is 1.85. The minimum absolute atomic E-state index is 0.0767. The van der Waals surface area contributed by atoms with Gasteiger partial charge in [-0.25, -0.2) is 4.98 Å². The molecule has 4 amide bonds. The standard InChI is InChI=1S/C12H10N4O4/c17-8-2-1-7(11(19)15-8)16-9(18)5-6-10(12(16)20)14-4-3-13-6/h3-4,7H,1-2,5H2,(H,15,17,19). The highest BCUT2D eigenvalue weighted by Gasteiger charge is 2.42. The molecule has 0 aromatic carbocycles. The molecule has 0 spiro atoms. The third-order valence-corrected chi connectivity index (χ3v) is 3.30. The summed E-state index contributed by atoms with van der Waals surface area (Å²) in [5, 5.41) is 2.13. The third-order valence-electron chi connectivity index (χ3n) is 3.30. The van der Waals surface area contributed by atoms with Gasteiger partial charge in [0, 0.05) is 18.8 Å². The Morgan fingerprint density at radius 3 is 2.65 bits per heavy atom. The van der Waals surface area contributed by atoms with E-state index in [1.165, 1.54) is 12.4 Å². The second kappa shape index (κ2) is 4.48. The van der Waals surface area contributed by atoms with Gasteiger partial charge in [0.15, 0.2) is 5.69 Å². The molecule has 0 saturated carbocycles. The van der Waals surface area contributed by atoms with Gasteiger partial charge in [0.25, 0.3) is 5.91 Å². The van der Waals surface area contributed by atoms with Crippen molar-refractivity contribution in [3.63, 3.8) is 0 Å². The lowest BCUT2D eigenvalue weighted by Gasteiger charge is -2.33. The Kier molecular flexibility index (Phi) is 2.78. The first-order valence-corrected chi connectivity index (χ1v) is 6.08. The van der Waals surface area contributed by atoms with Gasteiger partial charge in [0.2, 0.25) is 17.7 Å². The maximum absolute atomic E-state index is 12.3. The van der Waals surface area contributed by atoms with E-state index in [2.05, 4.69) is 15.3 Å². The molecule has 3 heterocycles. The molecule has 1 fully saturated rings. The molecule has 1 aromatic heterocycles. The second-order valence-corrected chi connectivity index (χ2v) is 4.56. The molecule has 1 atom stereocenters. The summed E-state index contributed by atoms with van der Waals surface area (Å²) in [7, 11) is 0. The van der Waals surface area contributed by atoms with Crippen LogP contribution < -0.4 is 5.32 Å². The molecule has 2 aliphatic heterocycles. The molecule has 3 rings (SSSR count). The summed E-state index contributed by atoms with van der Waals surface area (Å²) in [6.07, 6.45) is 2.92. The lowest BCUT2D eigenvalue weighted by molar-refractivity contribution is -0.143. The zero-order chi connectivity index (χ0) is 14.3. The number of fused-ring (bicyclic) bond motifs is 1. The van der Waals surface area contributed by atoms with Crippen LogP contribution in [0.5, 0.6) is 0 Å². The van der Waals surface area contributed by atoms with Crippen molar-refractivity contribution in [3.8, 4) is 0 Å². The first kappa shape index (κ1) is 12.4. The van der Waals surface area contributed by atoms with E-state index >= 15 is 0 Å². The number of aromatic nitrogens is 2. The lowest BCUT2D eigenvalue weighted by Crippen LogP contribution is -2.58. The number of nitrogens with one attached hydrogen (secondary N) is 1. The van der Waals surface area contributed by atoms with Crippen molar-refractivity contribution < 1.29 is 19.2 Å². The summed E-state index contributed by atoms with van der Waals surface area (Å²) in [6, 6.07) is -0.956. The minimum atomic E-state index is -0.956. The van der Waals surface area contributed by atoms with E-state index in [9.17, 15) is 19.2 Å². The fraction of sp³-hybridized carbons (Fsp3) is 0.333. The van der Waals surface area contributed by atoms with E-state index in [0.29, 0.717) is 5.69 Å². The molecule has 1 saturated heterocycles. The Balaban J connectivity index is 1.95. The van der Waals surface area contributed by atoms with Gasteiger partial charge in [0.05, 0.1) is 12.1 Å². The van der Waals surface area contributed by atoms with Crippen LogP contribution in [0.1, 0.15) is 29.0 Å². The fourth-order valence-electron chi connectivity index (χ4n) is 2.37. The van der Waals surface area contributed by atoms with Gasteiger partial charge in [-0.1, -0.05) is 0 Å². The first-order valence-electron chi connectivity index (χ1n) is 6.08. The van der Waals surface area contributed by atoms with Crippen LogP contribution in [0, 0.1) is 0 Å². The second-order valence-electron chi connectivity index (χ2n) is 4.56. The average molecular weight is 274 g/mol. The van der Waals surface area contributed by atoms with Crippen LogP contribution in [0.15, 0.2) is 12.4 Å². The van der Waals surface area contributed by atoms with Crippen molar-refractivity contribution in [2.45, 2.75) is 25.3 Å². The van der Waals surface area contributed by atoms with Crippen molar-refractivity contribution in [2.75, 3.05) is 0 Å². The number of piperidine rings is 1. The van der Waals surface area contributed by atoms with Gasteiger partial charge >= 0.3 is 0 Å². The number of carbonyl (C=O) groups excluding carboxylic acids is 4. The largest absolute Gasteiger partial charge is 0.295 e. The summed E-state index contributed by atoms with van der Waals surface area (Å²) in [6.45, 7) is 0. The number of amides is 4. The Hall–Kier alpha value is -2.64. The zero-order valence-corrected chi connectivity index (χ0v) is 10.3. The summed E-state index contributed by atoms with van der Waals surface area (Å²) in [5.74, 6) is -2.17. The predicted molar refractivity (Wildman–Crippen MR) is 63.1 cm³/mol. The van der Waals surface area contributed by atoms with Crippen LogP contribution in [0.3, 0.4) is 0 Å². The molecule has 8 heteroatoms. The van der Waals surface area contributed by atoms with Crippen molar-refractivity contribution in [1.29, 1.82) is 0 Å².